The molecule has 0 unspecified atom stereocenters. The van der Waals surface area contributed by atoms with Crippen LogP contribution < -0.4 is 10.6 Å². The highest BCUT2D eigenvalue weighted by Gasteiger charge is 2.34. The van der Waals surface area contributed by atoms with Crippen LogP contribution in [0.2, 0.25) is 0 Å². The summed E-state index contributed by atoms with van der Waals surface area (Å²) in [4.78, 5) is 20.3. The van der Waals surface area contributed by atoms with Crippen molar-refractivity contribution in [1.82, 2.24) is 20.4 Å². The Morgan fingerprint density at radius 1 is 1.31 bits per heavy atom. The number of halogens is 1. The van der Waals surface area contributed by atoms with Gasteiger partial charge in [-0.3, -0.25) is 4.99 Å². The molecule has 0 saturated carbocycles. The monoisotopic (exact) mass is 517 g/mol. The molecular weight excluding hydrogens is 481 g/mol. The average molecular weight is 517 g/mol. The number of hydrogen-bond acceptors (Lipinski definition) is 4. The number of nitrogens with zero attached hydrogens (tertiary/aromatic N) is 3. The van der Waals surface area contributed by atoms with Gasteiger partial charge < -0.3 is 25.2 Å². The van der Waals surface area contributed by atoms with E-state index >= 15 is 0 Å². The average Bonchev–Trinajstić information content (AvgIpc) is 2.58. The van der Waals surface area contributed by atoms with Crippen LogP contribution in [0, 0.1) is 0 Å². The summed E-state index contributed by atoms with van der Waals surface area (Å²) in [6.45, 7) is 11.7. The number of aliphatic imine (C=N–C) groups is 1. The minimum atomic E-state index is -0.465. The summed E-state index contributed by atoms with van der Waals surface area (Å²) >= 11 is 0. The highest BCUT2D eigenvalue weighted by atomic mass is 127. The van der Waals surface area contributed by atoms with Crippen LogP contribution in [0.4, 0.5) is 4.79 Å². The molecule has 0 spiro atoms. The number of ether oxygens (including phenoxy) is 1. The molecule has 2 N–H and O–H groups in total. The summed E-state index contributed by atoms with van der Waals surface area (Å²) in [5, 5.41) is 6.71. The summed E-state index contributed by atoms with van der Waals surface area (Å²) < 4.78 is 5.38. The molecule has 1 fully saturated rings. The fourth-order valence-electron chi connectivity index (χ4n) is 2.88. The maximum atomic E-state index is 12.0. The number of likely N-dealkylation sites (tertiary alicyclic amines) is 1. The van der Waals surface area contributed by atoms with Gasteiger partial charge in [-0.05, 0) is 45.5 Å². The lowest BCUT2D eigenvalue weighted by Gasteiger charge is -2.40. The van der Waals surface area contributed by atoms with E-state index in [0.717, 1.165) is 19.0 Å². The maximum absolute atomic E-state index is 12.0. The standard InChI is InChI=1S/C21H35N5O2.HI/c1-7-25(6)13-17-10-8-9-16(11-17)12-23-19(22-5)24-18-14-26(15-18)20(27)28-21(2,3)4;/h8-11,18H,7,12-15H2,1-6H3,(H2,22,23,24);1H. The Morgan fingerprint density at radius 3 is 2.55 bits per heavy atom. The number of guanidine groups is 1. The first-order chi connectivity index (χ1) is 13.2. The zero-order valence-corrected chi connectivity index (χ0v) is 20.8. The van der Waals surface area contributed by atoms with Crippen LogP contribution in [0.15, 0.2) is 29.3 Å². The Bertz CT molecular complexity index is 684. The third-order valence-electron chi connectivity index (χ3n) is 4.54. The Labute approximate surface area is 192 Å². The smallest absolute Gasteiger partial charge is 0.410 e. The van der Waals surface area contributed by atoms with Crippen molar-refractivity contribution in [2.24, 2.45) is 4.99 Å². The van der Waals surface area contributed by atoms with Gasteiger partial charge in [-0.2, -0.15) is 0 Å². The van der Waals surface area contributed by atoms with E-state index in [2.05, 4.69) is 58.8 Å². The van der Waals surface area contributed by atoms with E-state index < -0.39 is 5.60 Å². The molecule has 0 radical (unpaired) electrons. The fraction of sp³-hybridized carbons (Fsp3) is 0.619. The van der Waals surface area contributed by atoms with Gasteiger partial charge in [-0.25, -0.2) is 4.79 Å². The van der Waals surface area contributed by atoms with Crippen molar-refractivity contribution < 1.29 is 9.53 Å². The topological polar surface area (TPSA) is 69.2 Å². The molecule has 0 aromatic heterocycles. The fourth-order valence-corrected chi connectivity index (χ4v) is 2.88. The molecule has 1 heterocycles. The van der Waals surface area contributed by atoms with Crippen molar-refractivity contribution in [2.45, 2.75) is 52.4 Å². The van der Waals surface area contributed by atoms with Crippen molar-refractivity contribution in [1.29, 1.82) is 0 Å². The maximum Gasteiger partial charge on any atom is 0.410 e. The van der Waals surface area contributed by atoms with E-state index in [1.807, 2.05) is 20.8 Å². The van der Waals surface area contributed by atoms with Gasteiger partial charge in [0.2, 0.25) is 0 Å². The molecule has 1 amide bonds. The van der Waals surface area contributed by atoms with Gasteiger partial charge in [0.05, 0.1) is 6.04 Å². The minimum absolute atomic E-state index is 0. The van der Waals surface area contributed by atoms with E-state index in [0.29, 0.717) is 19.6 Å². The number of carbonyl (C=O) groups excluding carboxylic acids is 1. The largest absolute Gasteiger partial charge is 0.444 e. The van der Waals surface area contributed by atoms with Gasteiger partial charge in [0, 0.05) is 33.2 Å². The molecule has 8 heteroatoms. The Hall–Kier alpha value is -1.55. The van der Waals surface area contributed by atoms with Crippen LogP contribution in [0.5, 0.6) is 0 Å². The predicted molar refractivity (Wildman–Crippen MR) is 129 cm³/mol. The summed E-state index contributed by atoms with van der Waals surface area (Å²) in [5.41, 5.74) is 2.06. The molecule has 1 saturated heterocycles. The van der Waals surface area contributed by atoms with E-state index in [4.69, 9.17) is 4.74 Å². The van der Waals surface area contributed by atoms with Crippen LogP contribution in [-0.2, 0) is 17.8 Å². The first-order valence-electron chi connectivity index (χ1n) is 9.91. The second-order valence-corrected chi connectivity index (χ2v) is 8.30. The molecule has 0 aliphatic carbocycles. The first-order valence-corrected chi connectivity index (χ1v) is 9.91. The predicted octanol–water partition coefficient (Wildman–Crippen LogP) is 3.04. The van der Waals surface area contributed by atoms with Gasteiger partial charge in [-0.15, -0.1) is 24.0 Å². The van der Waals surface area contributed by atoms with Gasteiger partial charge in [0.1, 0.15) is 5.60 Å². The van der Waals surface area contributed by atoms with Crippen molar-refractivity contribution in [3.63, 3.8) is 0 Å². The normalized spacial score (nSPS) is 14.9. The van der Waals surface area contributed by atoms with Gasteiger partial charge in [-0.1, -0.05) is 31.2 Å². The number of benzene rings is 1. The van der Waals surface area contributed by atoms with Crippen molar-refractivity contribution in [2.75, 3.05) is 33.7 Å². The van der Waals surface area contributed by atoms with Crippen molar-refractivity contribution >= 4 is 36.0 Å². The lowest BCUT2D eigenvalue weighted by atomic mass is 10.1. The molecule has 1 aliphatic heterocycles. The molecule has 7 nitrogen and oxygen atoms in total. The van der Waals surface area contributed by atoms with Crippen LogP contribution in [-0.4, -0.2) is 67.2 Å². The van der Waals surface area contributed by atoms with E-state index in [-0.39, 0.29) is 36.1 Å². The highest BCUT2D eigenvalue weighted by molar-refractivity contribution is 14.0. The van der Waals surface area contributed by atoms with Crippen LogP contribution in [0.1, 0.15) is 38.8 Å². The molecule has 0 bridgehead atoms. The number of nitrogens with one attached hydrogen (secondary N) is 2. The summed E-state index contributed by atoms with van der Waals surface area (Å²) in [6.07, 6.45) is -0.262. The second-order valence-electron chi connectivity index (χ2n) is 8.30. The molecule has 1 aromatic carbocycles. The van der Waals surface area contributed by atoms with E-state index in [1.54, 1.807) is 11.9 Å². The van der Waals surface area contributed by atoms with Crippen LogP contribution in [0.3, 0.4) is 0 Å². The minimum Gasteiger partial charge on any atom is -0.444 e. The number of rotatable bonds is 6. The van der Waals surface area contributed by atoms with Crippen molar-refractivity contribution in [3.05, 3.63) is 35.4 Å². The van der Waals surface area contributed by atoms with E-state index in [1.165, 1.54) is 11.1 Å². The SMILES string of the molecule is CCN(C)Cc1cccc(CNC(=NC)NC2CN(C(=O)OC(C)(C)C)C2)c1.I. The zero-order valence-electron chi connectivity index (χ0n) is 18.5. The Balaban J connectivity index is 0.00000420. The lowest BCUT2D eigenvalue weighted by Crippen LogP contribution is -2.63. The number of hydrogen-bond donors (Lipinski definition) is 2. The van der Waals surface area contributed by atoms with Crippen molar-refractivity contribution in [3.8, 4) is 0 Å². The molecule has 164 valence electrons. The lowest BCUT2D eigenvalue weighted by molar-refractivity contribution is 0.00701. The molecule has 29 heavy (non-hydrogen) atoms. The molecule has 2 rings (SSSR count). The summed E-state index contributed by atoms with van der Waals surface area (Å²) in [6, 6.07) is 8.77. The molecule has 0 atom stereocenters. The third kappa shape index (κ3) is 8.77. The third-order valence-corrected chi connectivity index (χ3v) is 4.54. The zero-order chi connectivity index (χ0) is 20.7. The molecule has 1 aromatic rings. The highest BCUT2D eigenvalue weighted by Crippen LogP contribution is 2.15. The van der Waals surface area contributed by atoms with E-state index in [9.17, 15) is 4.79 Å². The Morgan fingerprint density at radius 2 is 1.97 bits per heavy atom. The van der Waals surface area contributed by atoms with Gasteiger partial charge in [0.25, 0.3) is 0 Å². The number of carbonyl (C=O) groups is 1. The summed E-state index contributed by atoms with van der Waals surface area (Å²) in [5.74, 6) is 0.741. The Kier molecular flexibility index (Phi) is 10.2. The van der Waals surface area contributed by atoms with Gasteiger partial charge >= 0.3 is 6.09 Å². The quantitative estimate of drug-likeness (QED) is 0.345. The summed E-state index contributed by atoms with van der Waals surface area (Å²) in [7, 11) is 3.88. The molecular formula is C21H36IN5O2. The number of amides is 1. The first kappa shape index (κ1) is 25.5. The second kappa shape index (κ2) is 11.6. The van der Waals surface area contributed by atoms with Crippen LogP contribution >= 0.6 is 24.0 Å². The van der Waals surface area contributed by atoms with Crippen LogP contribution in [0.25, 0.3) is 0 Å². The molecule has 1 aliphatic rings. The van der Waals surface area contributed by atoms with Gasteiger partial charge in [0.15, 0.2) is 5.96 Å².